The molecule has 2 aromatic carbocycles. The molecule has 0 aliphatic carbocycles. The minimum Gasteiger partial charge on any atom is -0.338 e. The van der Waals surface area contributed by atoms with E-state index in [9.17, 15) is 22.8 Å². The zero-order valence-corrected chi connectivity index (χ0v) is 20.6. The van der Waals surface area contributed by atoms with Gasteiger partial charge in [0.15, 0.2) is 0 Å². The molecular formula is C25H29N3O5S. The SMILES string of the molecule is Cc1cc(C)cc(C(=O)N2CCCC(C(=O)NS(=O)(=O)c3ccc4c(c3)C(C)(C)C(=O)N4)C2)c1. The van der Waals surface area contributed by atoms with Gasteiger partial charge in [-0.2, -0.15) is 0 Å². The summed E-state index contributed by atoms with van der Waals surface area (Å²) in [4.78, 5) is 39.6. The van der Waals surface area contributed by atoms with Crippen LogP contribution in [0.1, 0.15) is 53.7 Å². The summed E-state index contributed by atoms with van der Waals surface area (Å²) < 4.78 is 28.1. The topological polar surface area (TPSA) is 113 Å². The van der Waals surface area contributed by atoms with Crippen LogP contribution in [0.15, 0.2) is 41.3 Å². The number of nitrogens with zero attached hydrogens (tertiary/aromatic N) is 1. The Labute approximate surface area is 199 Å². The molecule has 2 N–H and O–H groups in total. The number of carbonyl (C=O) groups excluding carboxylic acids is 3. The van der Waals surface area contributed by atoms with Crippen LogP contribution in [-0.4, -0.2) is 44.1 Å². The van der Waals surface area contributed by atoms with E-state index in [-0.39, 0.29) is 23.3 Å². The van der Waals surface area contributed by atoms with Gasteiger partial charge in [-0.05, 0) is 76.4 Å². The molecule has 8 nitrogen and oxygen atoms in total. The lowest BCUT2D eigenvalue weighted by Gasteiger charge is -2.32. The van der Waals surface area contributed by atoms with Gasteiger partial charge >= 0.3 is 0 Å². The van der Waals surface area contributed by atoms with Crippen molar-refractivity contribution in [2.24, 2.45) is 5.92 Å². The molecule has 4 rings (SSSR count). The van der Waals surface area contributed by atoms with Crippen LogP contribution >= 0.6 is 0 Å². The number of hydrogen-bond donors (Lipinski definition) is 2. The second kappa shape index (κ2) is 8.54. The van der Waals surface area contributed by atoms with Crippen LogP contribution in [0, 0.1) is 19.8 Å². The first-order valence-corrected chi connectivity index (χ1v) is 12.8. The van der Waals surface area contributed by atoms with E-state index in [0.717, 1.165) is 11.1 Å². The maximum absolute atomic E-state index is 13.0. The molecule has 1 saturated heterocycles. The number of amides is 3. The Bertz CT molecular complexity index is 1280. The highest BCUT2D eigenvalue weighted by Gasteiger charge is 2.39. The second-order valence-electron chi connectivity index (χ2n) is 9.72. The van der Waals surface area contributed by atoms with Crippen LogP contribution in [0.3, 0.4) is 0 Å². The molecule has 2 aliphatic heterocycles. The number of anilines is 1. The first-order valence-electron chi connectivity index (χ1n) is 11.3. The van der Waals surface area contributed by atoms with Gasteiger partial charge in [0, 0.05) is 24.3 Å². The summed E-state index contributed by atoms with van der Waals surface area (Å²) >= 11 is 0. The first-order chi connectivity index (χ1) is 15.9. The molecule has 1 atom stereocenters. The Morgan fingerprint density at radius 1 is 1.09 bits per heavy atom. The quantitative estimate of drug-likeness (QED) is 0.694. The van der Waals surface area contributed by atoms with Gasteiger partial charge in [-0.25, -0.2) is 13.1 Å². The Morgan fingerprint density at radius 2 is 1.76 bits per heavy atom. The maximum Gasteiger partial charge on any atom is 0.264 e. The Hall–Kier alpha value is -3.20. The third-order valence-corrected chi connectivity index (χ3v) is 7.92. The van der Waals surface area contributed by atoms with E-state index in [0.29, 0.717) is 36.2 Å². The summed E-state index contributed by atoms with van der Waals surface area (Å²) in [5.41, 5.74) is 2.78. The van der Waals surface area contributed by atoms with Gasteiger partial charge in [0.2, 0.25) is 11.8 Å². The number of fused-ring (bicyclic) bond motifs is 1. The van der Waals surface area contributed by atoms with Crippen molar-refractivity contribution in [2.45, 2.75) is 50.8 Å². The molecule has 0 spiro atoms. The normalized spacial score (nSPS) is 19.4. The molecule has 2 aromatic rings. The van der Waals surface area contributed by atoms with Crippen molar-refractivity contribution in [1.29, 1.82) is 0 Å². The lowest BCUT2D eigenvalue weighted by atomic mass is 9.86. The summed E-state index contributed by atoms with van der Waals surface area (Å²) in [7, 11) is -4.14. The average molecular weight is 484 g/mol. The molecule has 1 fully saturated rings. The van der Waals surface area contributed by atoms with Crippen LogP contribution < -0.4 is 10.0 Å². The van der Waals surface area contributed by atoms with Crippen molar-refractivity contribution < 1.29 is 22.8 Å². The molecule has 180 valence electrons. The van der Waals surface area contributed by atoms with E-state index < -0.39 is 27.3 Å². The average Bonchev–Trinajstić information content (AvgIpc) is 3.00. The standard InChI is InChI=1S/C25H29N3O5S/c1-15-10-16(2)12-18(11-15)23(30)28-9-5-6-17(14-28)22(29)27-34(32,33)19-7-8-21-20(13-19)25(3,4)24(31)26-21/h7-8,10-13,17H,5-6,9,14H2,1-4H3,(H,26,31)(H,27,29). The van der Waals surface area contributed by atoms with Crippen LogP contribution in [0.2, 0.25) is 0 Å². The molecule has 34 heavy (non-hydrogen) atoms. The highest BCUT2D eigenvalue weighted by atomic mass is 32.2. The summed E-state index contributed by atoms with van der Waals surface area (Å²) in [5.74, 6) is -1.64. The van der Waals surface area contributed by atoms with Gasteiger partial charge < -0.3 is 10.2 Å². The monoisotopic (exact) mass is 483 g/mol. The van der Waals surface area contributed by atoms with Crippen molar-refractivity contribution in [2.75, 3.05) is 18.4 Å². The number of aryl methyl sites for hydroxylation is 2. The second-order valence-corrected chi connectivity index (χ2v) is 11.4. The van der Waals surface area contributed by atoms with Gasteiger partial charge in [0.1, 0.15) is 0 Å². The Balaban J connectivity index is 1.49. The molecule has 1 unspecified atom stereocenters. The minimum absolute atomic E-state index is 0.0804. The maximum atomic E-state index is 13.0. The van der Waals surface area contributed by atoms with Crippen LogP contribution in [0.5, 0.6) is 0 Å². The van der Waals surface area contributed by atoms with E-state index in [2.05, 4.69) is 10.0 Å². The molecule has 2 aliphatic rings. The number of piperidine rings is 1. The minimum atomic E-state index is -4.14. The molecule has 0 bridgehead atoms. The molecule has 9 heteroatoms. The van der Waals surface area contributed by atoms with E-state index in [1.807, 2.05) is 32.0 Å². The number of hydrogen-bond acceptors (Lipinski definition) is 5. The summed E-state index contributed by atoms with van der Waals surface area (Å²) in [6, 6.07) is 9.95. The van der Waals surface area contributed by atoms with E-state index >= 15 is 0 Å². The number of sulfonamides is 1. The molecular weight excluding hydrogens is 454 g/mol. The van der Waals surface area contributed by atoms with Gasteiger partial charge in [-0.3, -0.25) is 14.4 Å². The van der Waals surface area contributed by atoms with E-state index in [4.69, 9.17) is 0 Å². The molecule has 0 radical (unpaired) electrons. The number of likely N-dealkylation sites (tertiary alicyclic amines) is 1. The van der Waals surface area contributed by atoms with Crippen molar-refractivity contribution >= 4 is 33.4 Å². The van der Waals surface area contributed by atoms with Crippen LogP contribution in [0.4, 0.5) is 5.69 Å². The third-order valence-electron chi connectivity index (χ3n) is 6.57. The lowest BCUT2D eigenvalue weighted by molar-refractivity contribution is -0.124. The fourth-order valence-corrected chi connectivity index (χ4v) is 5.72. The molecule has 0 aromatic heterocycles. The van der Waals surface area contributed by atoms with Crippen molar-refractivity contribution in [1.82, 2.24) is 9.62 Å². The molecule has 2 heterocycles. The first kappa shape index (κ1) is 23.9. The highest BCUT2D eigenvalue weighted by Crippen LogP contribution is 2.38. The van der Waals surface area contributed by atoms with Crippen molar-refractivity contribution in [3.05, 3.63) is 58.7 Å². The van der Waals surface area contributed by atoms with E-state index in [1.54, 1.807) is 18.7 Å². The number of nitrogens with one attached hydrogen (secondary N) is 2. The van der Waals surface area contributed by atoms with Gasteiger partial charge in [0.05, 0.1) is 16.2 Å². The van der Waals surface area contributed by atoms with Gasteiger partial charge in [-0.15, -0.1) is 0 Å². The smallest absolute Gasteiger partial charge is 0.264 e. The third kappa shape index (κ3) is 4.44. The predicted octanol–water partition coefficient (Wildman–Crippen LogP) is 2.89. The molecule has 3 amide bonds. The zero-order chi connectivity index (χ0) is 24.8. The summed E-state index contributed by atoms with van der Waals surface area (Å²) in [6.07, 6.45) is 1.10. The van der Waals surface area contributed by atoms with Gasteiger partial charge in [-0.1, -0.05) is 17.2 Å². The summed E-state index contributed by atoms with van der Waals surface area (Å²) in [6.45, 7) is 7.95. The molecule has 0 saturated carbocycles. The van der Waals surface area contributed by atoms with Crippen molar-refractivity contribution in [3.63, 3.8) is 0 Å². The van der Waals surface area contributed by atoms with Crippen LogP contribution in [0.25, 0.3) is 0 Å². The lowest BCUT2D eigenvalue weighted by Crippen LogP contribution is -2.46. The fourth-order valence-electron chi connectivity index (χ4n) is 4.65. The van der Waals surface area contributed by atoms with Gasteiger partial charge in [0.25, 0.3) is 15.9 Å². The Kier molecular flexibility index (Phi) is 6.01. The zero-order valence-electron chi connectivity index (χ0n) is 19.8. The van der Waals surface area contributed by atoms with Crippen LogP contribution in [-0.2, 0) is 25.0 Å². The number of rotatable bonds is 4. The highest BCUT2D eigenvalue weighted by molar-refractivity contribution is 7.90. The predicted molar refractivity (Wildman–Crippen MR) is 128 cm³/mol. The fraction of sp³-hybridized carbons (Fsp3) is 0.400. The van der Waals surface area contributed by atoms with Crippen molar-refractivity contribution in [3.8, 4) is 0 Å². The number of benzene rings is 2. The largest absolute Gasteiger partial charge is 0.338 e. The number of carbonyl (C=O) groups is 3. The Morgan fingerprint density at radius 3 is 2.44 bits per heavy atom. The van der Waals surface area contributed by atoms with E-state index in [1.165, 1.54) is 18.2 Å². The summed E-state index contributed by atoms with van der Waals surface area (Å²) in [5, 5.41) is 2.74.